The Morgan fingerprint density at radius 2 is 2.12 bits per heavy atom. The molecule has 0 spiro atoms. The van der Waals surface area contributed by atoms with Crippen LogP contribution >= 0.6 is 11.6 Å². The summed E-state index contributed by atoms with van der Waals surface area (Å²) in [6, 6.07) is 5.25. The Kier molecular flexibility index (Phi) is 5.33. The number of hydrogen-bond donors (Lipinski definition) is 0. The molecule has 0 radical (unpaired) electrons. The summed E-state index contributed by atoms with van der Waals surface area (Å²) in [5, 5.41) is -0.430. The van der Waals surface area contributed by atoms with Crippen LogP contribution in [0.5, 0.6) is 5.75 Å². The lowest BCUT2D eigenvalue weighted by Gasteiger charge is -2.09. The average Bonchev–Trinajstić information content (AvgIpc) is 2.26. The fourth-order valence-electron chi connectivity index (χ4n) is 1.47. The Bertz CT molecular complexity index is 361. The van der Waals surface area contributed by atoms with Crippen LogP contribution in [-0.4, -0.2) is 11.8 Å². The summed E-state index contributed by atoms with van der Waals surface area (Å²) >= 11 is 5.39. The van der Waals surface area contributed by atoms with Crippen LogP contribution < -0.4 is 4.74 Å². The van der Waals surface area contributed by atoms with E-state index in [9.17, 15) is 4.79 Å². The lowest BCUT2D eigenvalue weighted by molar-refractivity contribution is 0.108. The van der Waals surface area contributed by atoms with Gasteiger partial charge >= 0.3 is 0 Å². The van der Waals surface area contributed by atoms with E-state index in [0.29, 0.717) is 5.56 Å². The topological polar surface area (TPSA) is 26.3 Å². The van der Waals surface area contributed by atoms with Crippen molar-refractivity contribution in [2.75, 3.05) is 6.61 Å². The highest BCUT2D eigenvalue weighted by atomic mass is 35.5. The van der Waals surface area contributed by atoms with E-state index in [4.69, 9.17) is 16.3 Å². The first-order chi connectivity index (χ1) is 7.65. The molecule has 0 aromatic heterocycles. The first-order valence-electron chi connectivity index (χ1n) is 5.58. The normalized spacial score (nSPS) is 10.2. The third-order valence-corrected chi connectivity index (χ3v) is 2.63. The lowest BCUT2D eigenvalue weighted by Crippen LogP contribution is -1.99. The van der Waals surface area contributed by atoms with Gasteiger partial charge in [0.2, 0.25) is 0 Å². The highest BCUT2D eigenvalue weighted by Gasteiger charge is 2.05. The summed E-state index contributed by atoms with van der Waals surface area (Å²) in [5.41, 5.74) is 1.46. The van der Waals surface area contributed by atoms with E-state index in [0.717, 1.165) is 24.3 Å². The summed E-state index contributed by atoms with van der Waals surface area (Å²) in [7, 11) is 0. The molecule has 88 valence electrons. The number of ether oxygens (including phenoxy) is 1. The van der Waals surface area contributed by atoms with Gasteiger partial charge in [-0.2, -0.15) is 0 Å². The average molecular weight is 241 g/mol. The van der Waals surface area contributed by atoms with Gasteiger partial charge in [0.05, 0.1) is 6.61 Å². The number of halogens is 1. The van der Waals surface area contributed by atoms with Gasteiger partial charge in [-0.25, -0.2) is 0 Å². The van der Waals surface area contributed by atoms with E-state index in [1.165, 1.54) is 12.8 Å². The van der Waals surface area contributed by atoms with Gasteiger partial charge in [0.15, 0.2) is 0 Å². The van der Waals surface area contributed by atoms with Crippen LogP contribution in [0.4, 0.5) is 0 Å². The predicted octanol–water partition coefficient (Wildman–Crippen LogP) is 3.94. The van der Waals surface area contributed by atoms with Crippen molar-refractivity contribution >= 4 is 16.8 Å². The Morgan fingerprint density at radius 3 is 2.69 bits per heavy atom. The highest BCUT2D eigenvalue weighted by molar-refractivity contribution is 6.67. The summed E-state index contributed by atoms with van der Waals surface area (Å²) in [4.78, 5) is 10.9. The number of hydrogen-bond acceptors (Lipinski definition) is 2. The third kappa shape index (κ3) is 3.86. The minimum absolute atomic E-state index is 0.430. The van der Waals surface area contributed by atoms with E-state index in [-0.39, 0.29) is 0 Å². The summed E-state index contributed by atoms with van der Waals surface area (Å²) in [6.45, 7) is 4.80. The summed E-state index contributed by atoms with van der Waals surface area (Å²) in [6.07, 6.45) is 3.42. The van der Waals surface area contributed by atoms with Crippen LogP contribution in [0.3, 0.4) is 0 Å². The quantitative estimate of drug-likeness (QED) is 0.556. The molecule has 0 aliphatic heterocycles. The number of aryl methyl sites for hydroxylation is 1. The lowest BCUT2D eigenvalue weighted by atomic mass is 10.1. The molecule has 3 heteroatoms. The van der Waals surface area contributed by atoms with Gasteiger partial charge in [0, 0.05) is 5.56 Å². The molecule has 0 N–H and O–H groups in total. The molecule has 0 bridgehead atoms. The van der Waals surface area contributed by atoms with Crippen molar-refractivity contribution in [2.24, 2.45) is 0 Å². The highest BCUT2D eigenvalue weighted by Crippen LogP contribution is 2.20. The molecule has 0 unspecified atom stereocenters. The molecule has 1 aromatic rings. The zero-order chi connectivity index (χ0) is 12.0. The van der Waals surface area contributed by atoms with Gasteiger partial charge in [0.25, 0.3) is 5.24 Å². The van der Waals surface area contributed by atoms with Crippen LogP contribution in [0, 0.1) is 6.92 Å². The standard InChI is InChI=1S/C13H17ClO2/c1-3-4-5-8-16-12-7-6-11(13(14)15)9-10(12)2/h6-7,9H,3-5,8H2,1-2H3. The van der Waals surface area contributed by atoms with E-state index in [2.05, 4.69) is 6.92 Å². The van der Waals surface area contributed by atoms with Gasteiger partial charge < -0.3 is 4.74 Å². The largest absolute Gasteiger partial charge is 0.493 e. The monoisotopic (exact) mass is 240 g/mol. The number of carbonyl (C=O) groups is 1. The van der Waals surface area contributed by atoms with Crippen LogP contribution in [0.15, 0.2) is 18.2 Å². The molecule has 0 saturated carbocycles. The Morgan fingerprint density at radius 1 is 1.38 bits per heavy atom. The van der Waals surface area contributed by atoms with Gasteiger partial charge in [-0.15, -0.1) is 0 Å². The van der Waals surface area contributed by atoms with E-state index < -0.39 is 5.24 Å². The molecule has 0 fully saturated rings. The second kappa shape index (κ2) is 6.54. The molecule has 1 rings (SSSR count). The van der Waals surface area contributed by atoms with Crippen LogP contribution in [0.2, 0.25) is 0 Å². The molecule has 16 heavy (non-hydrogen) atoms. The summed E-state index contributed by atoms with van der Waals surface area (Å²) in [5.74, 6) is 0.831. The van der Waals surface area contributed by atoms with Crippen molar-refractivity contribution in [3.63, 3.8) is 0 Å². The minimum atomic E-state index is -0.430. The van der Waals surface area contributed by atoms with Crippen molar-refractivity contribution in [3.8, 4) is 5.75 Å². The Hall–Kier alpha value is -1.02. The number of unbranched alkanes of at least 4 members (excludes halogenated alkanes) is 2. The van der Waals surface area contributed by atoms with Crippen molar-refractivity contribution in [3.05, 3.63) is 29.3 Å². The maximum Gasteiger partial charge on any atom is 0.252 e. The molecule has 1 aromatic carbocycles. The molecule has 0 amide bonds. The van der Waals surface area contributed by atoms with Gasteiger partial charge in [-0.3, -0.25) is 4.79 Å². The fraction of sp³-hybridized carbons (Fsp3) is 0.462. The zero-order valence-electron chi connectivity index (χ0n) is 9.75. The van der Waals surface area contributed by atoms with Gasteiger partial charge in [0.1, 0.15) is 5.75 Å². The van der Waals surface area contributed by atoms with Crippen LogP contribution in [0.25, 0.3) is 0 Å². The summed E-state index contributed by atoms with van der Waals surface area (Å²) < 4.78 is 5.62. The molecule has 0 aliphatic carbocycles. The van der Waals surface area contributed by atoms with Crippen LogP contribution in [-0.2, 0) is 0 Å². The molecular weight excluding hydrogens is 224 g/mol. The molecular formula is C13H17ClO2. The van der Waals surface area contributed by atoms with Crippen molar-refractivity contribution in [1.82, 2.24) is 0 Å². The zero-order valence-corrected chi connectivity index (χ0v) is 10.5. The van der Waals surface area contributed by atoms with Gasteiger partial charge in [-0.05, 0) is 48.7 Å². The maximum absolute atomic E-state index is 10.9. The molecule has 0 aliphatic rings. The first kappa shape index (κ1) is 13.0. The third-order valence-electron chi connectivity index (χ3n) is 2.41. The van der Waals surface area contributed by atoms with E-state index in [1.807, 2.05) is 6.92 Å². The molecule has 2 nitrogen and oxygen atoms in total. The van der Waals surface area contributed by atoms with Crippen molar-refractivity contribution < 1.29 is 9.53 Å². The van der Waals surface area contributed by atoms with E-state index in [1.54, 1.807) is 18.2 Å². The SMILES string of the molecule is CCCCCOc1ccc(C(=O)Cl)cc1C. The fourth-order valence-corrected chi connectivity index (χ4v) is 1.59. The van der Waals surface area contributed by atoms with Crippen LogP contribution in [0.1, 0.15) is 42.1 Å². The minimum Gasteiger partial charge on any atom is -0.493 e. The molecule has 0 heterocycles. The second-order valence-electron chi connectivity index (χ2n) is 3.81. The van der Waals surface area contributed by atoms with E-state index >= 15 is 0 Å². The number of rotatable bonds is 6. The Labute approximate surface area is 102 Å². The molecule has 0 atom stereocenters. The number of benzene rings is 1. The van der Waals surface area contributed by atoms with Gasteiger partial charge in [-0.1, -0.05) is 19.8 Å². The smallest absolute Gasteiger partial charge is 0.252 e. The second-order valence-corrected chi connectivity index (χ2v) is 4.15. The molecule has 0 saturated heterocycles. The predicted molar refractivity (Wildman–Crippen MR) is 66.4 cm³/mol. The Balaban J connectivity index is 2.57. The van der Waals surface area contributed by atoms with Crippen molar-refractivity contribution in [2.45, 2.75) is 33.1 Å². The maximum atomic E-state index is 10.9. The first-order valence-corrected chi connectivity index (χ1v) is 5.96. The number of carbonyl (C=O) groups excluding carboxylic acids is 1. The van der Waals surface area contributed by atoms with Crippen molar-refractivity contribution in [1.29, 1.82) is 0 Å².